The lowest BCUT2D eigenvalue weighted by molar-refractivity contribution is -0.141. The largest absolute Gasteiger partial charge is 0.480 e. The third kappa shape index (κ3) is 4.61. The number of hydrogen-bond donors (Lipinski definition) is 5. The van der Waals surface area contributed by atoms with Gasteiger partial charge in [0.15, 0.2) is 6.23 Å². The summed E-state index contributed by atoms with van der Waals surface area (Å²) in [7, 11) is 0. The van der Waals surface area contributed by atoms with Gasteiger partial charge in [-0.2, -0.15) is 11.8 Å². The third-order valence-corrected chi connectivity index (χ3v) is 5.75. The second-order valence-electron chi connectivity index (χ2n) is 6.72. The molecule has 2 aromatic rings. The summed E-state index contributed by atoms with van der Waals surface area (Å²) in [6, 6.07) is 0.743. The maximum absolute atomic E-state index is 11.1. The number of aliphatic carboxylic acids is 1. The Morgan fingerprint density at radius 2 is 2.14 bits per heavy atom. The molecule has 2 unspecified atom stereocenters. The number of carbonyl (C=O) groups is 2. The van der Waals surface area contributed by atoms with Gasteiger partial charge in [0.05, 0.1) is 11.5 Å². The number of aliphatic hydroxyl groups is 2. The first-order valence-electron chi connectivity index (χ1n) is 8.96. The molecule has 3 rings (SSSR count). The van der Waals surface area contributed by atoms with Crippen molar-refractivity contribution < 1.29 is 29.6 Å². The van der Waals surface area contributed by atoms with Gasteiger partial charge < -0.3 is 35.7 Å². The Morgan fingerprint density at radius 1 is 1.38 bits per heavy atom. The van der Waals surface area contributed by atoms with E-state index in [9.17, 15) is 19.8 Å². The van der Waals surface area contributed by atoms with Gasteiger partial charge in [0, 0.05) is 18.9 Å². The Bertz CT molecular complexity index is 892. The summed E-state index contributed by atoms with van der Waals surface area (Å²) in [6.07, 6.45) is -0.570. The lowest BCUT2D eigenvalue weighted by Crippen LogP contribution is -2.40. The summed E-state index contributed by atoms with van der Waals surface area (Å²) >= 11 is 1.37. The zero-order valence-corrected chi connectivity index (χ0v) is 16.5. The van der Waals surface area contributed by atoms with Crippen molar-refractivity contribution in [2.75, 3.05) is 17.2 Å². The molecule has 0 radical (unpaired) electrons. The Balaban J connectivity index is 1.59. The van der Waals surface area contributed by atoms with Crippen LogP contribution in [0.4, 0.5) is 5.82 Å². The summed E-state index contributed by atoms with van der Waals surface area (Å²) in [5.74, 6) is -0.431. The molecule has 3 heterocycles. The Hall–Kier alpha value is -2.41. The van der Waals surface area contributed by atoms with Crippen molar-refractivity contribution in [1.29, 1.82) is 0 Å². The SMILES string of the molecule is CC(=O)NC(CCSC[C@H]1OC(n2ccc3c(N)ncnc32)[C@H](O)[C@@H]1O)C(=O)O. The first kappa shape index (κ1) is 21.3. The maximum atomic E-state index is 11.1. The molecule has 0 spiro atoms. The molecule has 1 aliphatic heterocycles. The number of carboxylic acid groups (broad SMARTS) is 1. The van der Waals surface area contributed by atoms with Gasteiger partial charge in [0.25, 0.3) is 0 Å². The first-order valence-corrected chi connectivity index (χ1v) is 10.1. The van der Waals surface area contributed by atoms with E-state index in [4.69, 9.17) is 15.6 Å². The van der Waals surface area contributed by atoms with Crippen LogP contribution in [0.1, 0.15) is 19.6 Å². The normalized spacial score (nSPS) is 25.2. The second-order valence-corrected chi connectivity index (χ2v) is 7.87. The standard InChI is InChI=1S/C17H23N5O6S/c1-8(23)21-10(17(26)27)3-5-29-6-11-12(24)13(25)16(28-11)22-4-2-9-14(18)19-7-20-15(9)22/h2,4,7,10-13,16,24-25H,3,5-6H2,1H3,(H,21,23)(H,26,27)(H2,18,19,20)/t10?,11-,12-,13-,16?/m1/s1. The number of aromatic nitrogens is 3. The number of anilines is 1. The molecule has 29 heavy (non-hydrogen) atoms. The van der Waals surface area contributed by atoms with E-state index in [2.05, 4.69) is 15.3 Å². The molecule has 2 aromatic heterocycles. The highest BCUT2D eigenvalue weighted by molar-refractivity contribution is 7.99. The fourth-order valence-electron chi connectivity index (χ4n) is 3.20. The van der Waals surface area contributed by atoms with Crippen LogP contribution in [0.3, 0.4) is 0 Å². The summed E-state index contributed by atoms with van der Waals surface area (Å²) in [6.45, 7) is 1.26. The van der Waals surface area contributed by atoms with Gasteiger partial charge in [-0.15, -0.1) is 0 Å². The maximum Gasteiger partial charge on any atom is 0.326 e. The van der Waals surface area contributed by atoms with Gasteiger partial charge in [-0.1, -0.05) is 0 Å². The number of carbonyl (C=O) groups excluding carboxylic acids is 1. The van der Waals surface area contributed by atoms with Crippen molar-refractivity contribution in [3.8, 4) is 0 Å². The molecular formula is C17H23N5O6S. The minimum absolute atomic E-state index is 0.229. The number of ether oxygens (including phenoxy) is 1. The Morgan fingerprint density at radius 3 is 2.83 bits per heavy atom. The van der Waals surface area contributed by atoms with Crippen molar-refractivity contribution in [3.63, 3.8) is 0 Å². The van der Waals surface area contributed by atoms with Gasteiger partial charge in [-0.3, -0.25) is 4.79 Å². The summed E-state index contributed by atoms with van der Waals surface area (Å²) in [4.78, 5) is 30.3. The minimum atomic E-state index is -1.17. The van der Waals surface area contributed by atoms with Crippen LogP contribution in [-0.4, -0.2) is 77.6 Å². The number of rotatable bonds is 8. The van der Waals surface area contributed by atoms with Crippen LogP contribution in [0, 0.1) is 0 Å². The number of nitrogen functional groups attached to an aromatic ring is 1. The molecule has 0 aliphatic carbocycles. The van der Waals surface area contributed by atoms with Gasteiger partial charge in [-0.05, 0) is 18.2 Å². The van der Waals surface area contributed by atoms with Crippen LogP contribution in [0.5, 0.6) is 0 Å². The van der Waals surface area contributed by atoms with Gasteiger partial charge in [-0.25, -0.2) is 14.8 Å². The predicted octanol–water partition coefficient (Wildman–Crippen LogP) is -0.655. The van der Waals surface area contributed by atoms with E-state index < -0.39 is 42.5 Å². The molecule has 11 nitrogen and oxygen atoms in total. The zero-order chi connectivity index (χ0) is 21.1. The van der Waals surface area contributed by atoms with Crippen LogP contribution in [-0.2, 0) is 14.3 Å². The summed E-state index contributed by atoms with van der Waals surface area (Å²) in [5, 5.41) is 32.9. The molecule has 12 heteroatoms. The molecule has 1 saturated heterocycles. The fourth-order valence-corrected chi connectivity index (χ4v) is 4.27. The fraction of sp³-hybridized carbons (Fsp3) is 0.529. The van der Waals surface area contributed by atoms with Crippen LogP contribution < -0.4 is 11.1 Å². The molecule has 0 saturated carbocycles. The number of nitrogens with zero attached hydrogens (tertiary/aromatic N) is 3. The first-order chi connectivity index (χ1) is 13.8. The Kier molecular flexibility index (Phi) is 6.57. The number of nitrogens with one attached hydrogen (secondary N) is 1. The van der Waals surface area contributed by atoms with Gasteiger partial charge in [0.1, 0.15) is 36.0 Å². The number of amides is 1. The number of nitrogens with two attached hydrogens (primary N) is 1. The van der Waals surface area contributed by atoms with E-state index in [0.717, 1.165) is 0 Å². The van der Waals surface area contributed by atoms with E-state index in [0.29, 0.717) is 28.4 Å². The highest BCUT2D eigenvalue weighted by Crippen LogP contribution is 2.34. The van der Waals surface area contributed by atoms with Crippen molar-refractivity contribution in [2.24, 2.45) is 0 Å². The van der Waals surface area contributed by atoms with Crippen molar-refractivity contribution in [1.82, 2.24) is 19.9 Å². The zero-order valence-electron chi connectivity index (χ0n) is 15.6. The molecule has 158 valence electrons. The van der Waals surface area contributed by atoms with E-state index in [1.54, 1.807) is 16.8 Å². The van der Waals surface area contributed by atoms with Crippen LogP contribution >= 0.6 is 11.8 Å². The highest BCUT2D eigenvalue weighted by Gasteiger charge is 2.43. The van der Waals surface area contributed by atoms with Crippen molar-refractivity contribution in [3.05, 3.63) is 18.6 Å². The molecule has 5 atom stereocenters. The minimum Gasteiger partial charge on any atom is -0.480 e. The van der Waals surface area contributed by atoms with E-state index in [-0.39, 0.29) is 6.42 Å². The van der Waals surface area contributed by atoms with Gasteiger partial charge >= 0.3 is 5.97 Å². The van der Waals surface area contributed by atoms with Crippen LogP contribution in [0.2, 0.25) is 0 Å². The molecule has 6 N–H and O–H groups in total. The summed E-state index contributed by atoms with van der Waals surface area (Å²) in [5.41, 5.74) is 6.31. The molecule has 1 amide bonds. The highest BCUT2D eigenvalue weighted by atomic mass is 32.2. The van der Waals surface area contributed by atoms with Crippen molar-refractivity contribution >= 4 is 40.5 Å². The van der Waals surface area contributed by atoms with E-state index in [1.165, 1.54) is 25.0 Å². The average molecular weight is 425 g/mol. The molecule has 1 fully saturated rings. The van der Waals surface area contributed by atoms with Crippen LogP contribution in [0.25, 0.3) is 11.0 Å². The molecular weight excluding hydrogens is 402 g/mol. The molecule has 0 aromatic carbocycles. The number of fused-ring (bicyclic) bond motifs is 1. The smallest absolute Gasteiger partial charge is 0.326 e. The molecule has 1 aliphatic rings. The quantitative estimate of drug-likeness (QED) is 0.342. The van der Waals surface area contributed by atoms with Crippen LogP contribution in [0.15, 0.2) is 18.6 Å². The van der Waals surface area contributed by atoms with E-state index in [1.807, 2.05) is 0 Å². The molecule has 0 bridgehead atoms. The average Bonchev–Trinajstić information content (AvgIpc) is 3.21. The number of hydrogen-bond acceptors (Lipinski definition) is 9. The number of carboxylic acids is 1. The third-order valence-electron chi connectivity index (χ3n) is 4.66. The monoisotopic (exact) mass is 425 g/mol. The summed E-state index contributed by atoms with van der Waals surface area (Å²) < 4.78 is 7.45. The van der Waals surface area contributed by atoms with Crippen molar-refractivity contribution in [2.45, 2.75) is 43.9 Å². The topological polar surface area (TPSA) is 173 Å². The lowest BCUT2D eigenvalue weighted by atomic mass is 10.1. The Labute approximate surface area is 170 Å². The number of thioether (sulfide) groups is 1. The van der Waals surface area contributed by atoms with Gasteiger partial charge in [0.2, 0.25) is 5.91 Å². The second kappa shape index (κ2) is 8.95. The lowest BCUT2D eigenvalue weighted by Gasteiger charge is -2.17. The predicted molar refractivity (Wildman–Crippen MR) is 105 cm³/mol. The van der Waals surface area contributed by atoms with E-state index >= 15 is 0 Å². The number of aliphatic hydroxyl groups excluding tert-OH is 2.